The number of imide groups is 1. The first kappa shape index (κ1) is 20.0. The van der Waals surface area contributed by atoms with E-state index in [0.29, 0.717) is 42.6 Å². The summed E-state index contributed by atoms with van der Waals surface area (Å²) in [7, 11) is 0. The number of urea groups is 1. The van der Waals surface area contributed by atoms with Gasteiger partial charge in [-0.1, -0.05) is 41.9 Å². The summed E-state index contributed by atoms with van der Waals surface area (Å²) >= 11 is 6.17. The molecule has 0 aliphatic carbocycles. The molecule has 2 N–H and O–H groups in total. The smallest absolute Gasteiger partial charge is 0.344 e. The number of nitrogens with zero attached hydrogens (tertiary/aromatic N) is 1. The first-order valence-corrected chi connectivity index (χ1v) is 9.86. The van der Waals surface area contributed by atoms with Gasteiger partial charge in [0.25, 0.3) is 11.8 Å². The fourth-order valence-corrected chi connectivity index (χ4v) is 3.67. The Kier molecular flexibility index (Phi) is 5.26. The van der Waals surface area contributed by atoms with E-state index in [1.165, 1.54) is 12.1 Å². The van der Waals surface area contributed by atoms with Gasteiger partial charge in [0, 0.05) is 5.56 Å². The number of halogens is 1. The highest BCUT2D eigenvalue weighted by atomic mass is 35.5. The van der Waals surface area contributed by atoms with Gasteiger partial charge in [-0.3, -0.25) is 15.0 Å². The van der Waals surface area contributed by atoms with E-state index in [0.717, 1.165) is 5.56 Å². The lowest BCUT2D eigenvalue weighted by Gasteiger charge is -2.22. The molecular formula is C21H20ClN3O5. The molecule has 2 aliphatic heterocycles. The molecule has 0 spiro atoms. The standard InChI is InChI=1S/C21H20ClN3O5/c1-21(8-7-13-5-3-2-4-6-13)19(27)25(20(28)23-21)24-18(26)14-11-15(22)17-16(12-14)29-9-10-30-17/h2-6,11-12H,7-10H2,1H3,(H,23,28)(H,24,26)/t21-/m0/s1. The number of hydrogen-bond donors (Lipinski definition) is 2. The van der Waals surface area contributed by atoms with Crippen molar-refractivity contribution in [2.24, 2.45) is 0 Å². The van der Waals surface area contributed by atoms with Crippen molar-refractivity contribution in [1.29, 1.82) is 0 Å². The molecule has 0 bridgehead atoms. The number of hydrazine groups is 1. The van der Waals surface area contributed by atoms with Crippen LogP contribution in [-0.2, 0) is 11.2 Å². The third kappa shape index (κ3) is 3.78. The van der Waals surface area contributed by atoms with Crippen LogP contribution in [0.2, 0.25) is 5.02 Å². The second kappa shape index (κ2) is 7.87. The predicted molar refractivity (Wildman–Crippen MR) is 108 cm³/mol. The topological polar surface area (TPSA) is 97.0 Å². The highest BCUT2D eigenvalue weighted by Gasteiger charge is 2.48. The zero-order valence-corrected chi connectivity index (χ0v) is 17.0. The highest BCUT2D eigenvalue weighted by Crippen LogP contribution is 2.38. The van der Waals surface area contributed by atoms with Crippen LogP contribution in [0, 0.1) is 0 Å². The molecule has 2 aromatic carbocycles. The van der Waals surface area contributed by atoms with Crippen LogP contribution in [0.3, 0.4) is 0 Å². The second-order valence-electron chi connectivity index (χ2n) is 7.31. The third-order valence-corrected chi connectivity index (χ3v) is 5.37. The number of rotatable bonds is 5. The molecule has 2 aromatic rings. The van der Waals surface area contributed by atoms with Crippen molar-refractivity contribution in [3.05, 3.63) is 58.6 Å². The Bertz CT molecular complexity index is 1010. The van der Waals surface area contributed by atoms with Gasteiger partial charge in [0.1, 0.15) is 18.8 Å². The van der Waals surface area contributed by atoms with Gasteiger partial charge >= 0.3 is 6.03 Å². The molecule has 0 saturated carbocycles. The summed E-state index contributed by atoms with van der Waals surface area (Å²) in [5, 5.41) is 3.59. The Balaban J connectivity index is 1.47. The van der Waals surface area contributed by atoms with E-state index in [9.17, 15) is 14.4 Å². The maximum absolute atomic E-state index is 12.9. The minimum absolute atomic E-state index is 0.141. The van der Waals surface area contributed by atoms with E-state index >= 15 is 0 Å². The van der Waals surface area contributed by atoms with Gasteiger partial charge in [-0.15, -0.1) is 0 Å². The molecule has 0 unspecified atom stereocenters. The second-order valence-corrected chi connectivity index (χ2v) is 7.72. The first-order chi connectivity index (χ1) is 14.4. The quantitative estimate of drug-likeness (QED) is 0.712. The van der Waals surface area contributed by atoms with Crippen molar-refractivity contribution in [3.8, 4) is 11.5 Å². The van der Waals surface area contributed by atoms with Gasteiger partial charge in [-0.05, 0) is 37.5 Å². The van der Waals surface area contributed by atoms with Gasteiger partial charge in [0.05, 0.1) is 5.02 Å². The van der Waals surface area contributed by atoms with Crippen molar-refractivity contribution in [2.45, 2.75) is 25.3 Å². The lowest BCUT2D eigenvalue weighted by molar-refractivity contribution is -0.132. The Morgan fingerprint density at radius 2 is 1.93 bits per heavy atom. The summed E-state index contributed by atoms with van der Waals surface area (Å²) in [5.74, 6) is -0.489. The molecule has 9 heteroatoms. The third-order valence-electron chi connectivity index (χ3n) is 5.09. The molecule has 2 heterocycles. The number of nitrogens with one attached hydrogen (secondary N) is 2. The Labute approximate surface area is 178 Å². The van der Waals surface area contributed by atoms with E-state index in [4.69, 9.17) is 21.1 Å². The van der Waals surface area contributed by atoms with Crippen molar-refractivity contribution in [3.63, 3.8) is 0 Å². The Hall–Kier alpha value is -3.26. The molecule has 156 valence electrons. The average molecular weight is 430 g/mol. The lowest BCUT2D eigenvalue weighted by Crippen LogP contribution is -2.49. The van der Waals surface area contributed by atoms with Crippen molar-refractivity contribution < 1.29 is 23.9 Å². The molecule has 1 fully saturated rings. The van der Waals surface area contributed by atoms with Gasteiger partial charge in [-0.25, -0.2) is 4.79 Å². The fraction of sp³-hybridized carbons (Fsp3) is 0.286. The number of amides is 4. The molecule has 1 atom stereocenters. The van der Waals surface area contributed by atoms with Crippen LogP contribution in [0.15, 0.2) is 42.5 Å². The molecule has 30 heavy (non-hydrogen) atoms. The summed E-state index contributed by atoms with van der Waals surface area (Å²) in [5.41, 5.74) is 2.43. The molecule has 1 saturated heterocycles. The number of aryl methyl sites for hydroxylation is 1. The van der Waals surface area contributed by atoms with Crippen LogP contribution in [0.4, 0.5) is 4.79 Å². The van der Waals surface area contributed by atoms with E-state index in [1.807, 2.05) is 30.3 Å². The zero-order chi connectivity index (χ0) is 21.3. The van der Waals surface area contributed by atoms with Gasteiger partial charge in [0.15, 0.2) is 11.5 Å². The molecular weight excluding hydrogens is 410 g/mol. The Morgan fingerprint density at radius 1 is 1.20 bits per heavy atom. The molecule has 0 radical (unpaired) electrons. The van der Waals surface area contributed by atoms with Crippen LogP contribution in [-0.4, -0.2) is 41.6 Å². The normalized spacial score (nSPS) is 20.1. The SMILES string of the molecule is C[C@@]1(CCc2ccccc2)NC(=O)N(NC(=O)c2cc(Cl)c3c(c2)OCCO3)C1=O. The minimum Gasteiger partial charge on any atom is -0.486 e. The number of benzene rings is 2. The predicted octanol–water partition coefficient (Wildman–Crippen LogP) is 2.70. The maximum Gasteiger partial charge on any atom is 0.344 e. The number of hydrogen-bond acceptors (Lipinski definition) is 5. The van der Waals surface area contributed by atoms with Crippen LogP contribution in [0.1, 0.15) is 29.3 Å². The van der Waals surface area contributed by atoms with Crippen LogP contribution < -0.4 is 20.2 Å². The summed E-state index contributed by atoms with van der Waals surface area (Å²) in [6.07, 6.45) is 0.993. The molecule has 0 aromatic heterocycles. The lowest BCUT2D eigenvalue weighted by atomic mass is 9.93. The average Bonchev–Trinajstić information content (AvgIpc) is 2.96. The molecule has 4 amide bonds. The van der Waals surface area contributed by atoms with Crippen LogP contribution in [0.5, 0.6) is 11.5 Å². The van der Waals surface area contributed by atoms with Crippen LogP contribution in [0.25, 0.3) is 0 Å². The Morgan fingerprint density at radius 3 is 2.70 bits per heavy atom. The van der Waals surface area contributed by atoms with Crippen LogP contribution >= 0.6 is 11.6 Å². The van der Waals surface area contributed by atoms with E-state index in [-0.39, 0.29) is 10.6 Å². The van der Waals surface area contributed by atoms with Gasteiger partial charge < -0.3 is 14.8 Å². The maximum atomic E-state index is 12.9. The number of ether oxygens (including phenoxy) is 2. The largest absolute Gasteiger partial charge is 0.486 e. The monoisotopic (exact) mass is 429 g/mol. The fourth-order valence-electron chi connectivity index (χ4n) is 3.40. The molecule has 8 nitrogen and oxygen atoms in total. The number of carbonyl (C=O) groups excluding carboxylic acids is 3. The van der Waals surface area contributed by atoms with Crippen molar-refractivity contribution in [1.82, 2.24) is 15.8 Å². The van der Waals surface area contributed by atoms with Gasteiger partial charge in [0.2, 0.25) is 0 Å². The highest BCUT2D eigenvalue weighted by molar-refractivity contribution is 6.32. The number of carbonyl (C=O) groups is 3. The minimum atomic E-state index is -1.12. The van der Waals surface area contributed by atoms with Crippen molar-refractivity contribution >= 4 is 29.4 Å². The first-order valence-electron chi connectivity index (χ1n) is 9.48. The van der Waals surface area contributed by atoms with E-state index in [2.05, 4.69) is 10.7 Å². The van der Waals surface area contributed by atoms with Gasteiger partial charge in [-0.2, -0.15) is 5.01 Å². The summed E-state index contributed by atoms with van der Waals surface area (Å²) in [4.78, 5) is 37.9. The molecule has 2 aliphatic rings. The number of fused-ring (bicyclic) bond motifs is 1. The molecule has 4 rings (SSSR count). The summed E-state index contributed by atoms with van der Waals surface area (Å²) in [6.45, 7) is 2.34. The van der Waals surface area contributed by atoms with E-state index < -0.39 is 23.4 Å². The summed E-state index contributed by atoms with van der Waals surface area (Å²) < 4.78 is 10.9. The van der Waals surface area contributed by atoms with E-state index in [1.54, 1.807) is 6.92 Å². The summed E-state index contributed by atoms with van der Waals surface area (Å²) in [6, 6.07) is 11.8. The van der Waals surface area contributed by atoms with Crippen molar-refractivity contribution in [2.75, 3.05) is 13.2 Å². The zero-order valence-electron chi connectivity index (χ0n) is 16.2.